The summed E-state index contributed by atoms with van der Waals surface area (Å²) in [7, 11) is 0. The second-order valence-electron chi connectivity index (χ2n) is 5.57. The monoisotopic (exact) mass is 381 g/mol. The van der Waals surface area contributed by atoms with Gasteiger partial charge in [0.1, 0.15) is 5.82 Å². The number of alkyl halides is 3. The molecule has 0 aliphatic carbocycles. The van der Waals surface area contributed by atoms with Gasteiger partial charge in [-0.1, -0.05) is 18.2 Å². The topological polar surface area (TPSA) is 70.6 Å². The van der Waals surface area contributed by atoms with Gasteiger partial charge in [0.05, 0.1) is 17.5 Å². The van der Waals surface area contributed by atoms with Crippen molar-refractivity contribution in [3.05, 3.63) is 65.5 Å². The number of hydrogen-bond acceptors (Lipinski definition) is 3. The summed E-state index contributed by atoms with van der Waals surface area (Å²) >= 11 is 0. The molecule has 0 radical (unpaired) electrons. The number of rotatable bonds is 5. The van der Waals surface area contributed by atoms with Gasteiger partial charge in [-0.25, -0.2) is 9.82 Å². The molecule has 2 rings (SSSR count). The molecule has 0 saturated heterocycles. The van der Waals surface area contributed by atoms with Crippen molar-refractivity contribution in [1.29, 1.82) is 0 Å². The summed E-state index contributed by atoms with van der Waals surface area (Å²) in [6.45, 7) is 1.44. The van der Waals surface area contributed by atoms with E-state index in [4.69, 9.17) is 0 Å². The fourth-order valence-corrected chi connectivity index (χ4v) is 2.10. The highest BCUT2D eigenvalue weighted by Gasteiger charge is 2.30. The maximum absolute atomic E-state index is 13.5. The van der Waals surface area contributed by atoms with Gasteiger partial charge in [-0.3, -0.25) is 9.59 Å². The van der Waals surface area contributed by atoms with Gasteiger partial charge in [-0.2, -0.15) is 18.3 Å². The van der Waals surface area contributed by atoms with Crippen LogP contribution < -0.4 is 10.7 Å². The molecule has 2 aromatic carbocycles. The van der Waals surface area contributed by atoms with Crippen LogP contribution >= 0.6 is 0 Å². The van der Waals surface area contributed by atoms with E-state index in [9.17, 15) is 27.2 Å². The normalized spacial score (nSPS) is 11.8. The third-order valence-electron chi connectivity index (χ3n) is 3.36. The molecule has 27 heavy (non-hydrogen) atoms. The molecule has 0 heterocycles. The van der Waals surface area contributed by atoms with E-state index in [0.29, 0.717) is 0 Å². The van der Waals surface area contributed by atoms with Crippen LogP contribution in [0.15, 0.2) is 53.6 Å². The van der Waals surface area contributed by atoms with E-state index < -0.39 is 29.4 Å². The zero-order chi connectivity index (χ0) is 20.0. The first-order chi connectivity index (χ1) is 12.7. The van der Waals surface area contributed by atoms with Gasteiger partial charge >= 0.3 is 6.18 Å². The van der Waals surface area contributed by atoms with Crippen molar-refractivity contribution < 1.29 is 27.2 Å². The Labute approximate surface area is 152 Å². The molecule has 0 aliphatic rings. The summed E-state index contributed by atoms with van der Waals surface area (Å²) in [5.74, 6) is -2.12. The second kappa shape index (κ2) is 8.43. The van der Waals surface area contributed by atoms with Crippen molar-refractivity contribution in [2.45, 2.75) is 19.5 Å². The Morgan fingerprint density at radius 3 is 2.44 bits per heavy atom. The second-order valence-corrected chi connectivity index (χ2v) is 5.57. The Hall–Kier alpha value is -3.23. The maximum Gasteiger partial charge on any atom is 0.416 e. The Bertz CT molecular complexity index is 879. The van der Waals surface area contributed by atoms with E-state index in [0.717, 1.165) is 18.2 Å². The largest absolute Gasteiger partial charge is 0.416 e. The summed E-state index contributed by atoms with van der Waals surface area (Å²) in [4.78, 5) is 23.7. The molecule has 0 saturated carbocycles. The van der Waals surface area contributed by atoms with Crippen LogP contribution in [0.1, 0.15) is 29.3 Å². The van der Waals surface area contributed by atoms with Gasteiger partial charge in [-0.15, -0.1) is 0 Å². The SMILES string of the molecule is CC(CC(=O)Nc1cccc(C(F)(F)F)c1)=NNC(=O)c1ccccc1F. The van der Waals surface area contributed by atoms with Crippen LogP contribution in [-0.4, -0.2) is 17.5 Å². The molecular weight excluding hydrogens is 366 g/mol. The van der Waals surface area contributed by atoms with Gasteiger partial charge in [0.25, 0.3) is 5.91 Å². The molecular formula is C18H15F4N3O2. The molecule has 0 unspecified atom stereocenters. The van der Waals surface area contributed by atoms with Crippen LogP contribution in [0.25, 0.3) is 0 Å². The number of carbonyl (C=O) groups is 2. The van der Waals surface area contributed by atoms with Crippen LogP contribution in [0.4, 0.5) is 23.2 Å². The molecule has 0 fully saturated rings. The summed E-state index contributed by atoms with van der Waals surface area (Å²) in [6, 6.07) is 9.50. The predicted octanol–water partition coefficient (Wildman–Crippen LogP) is 3.98. The molecule has 2 aromatic rings. The molecule has 5 nitrogen and oxygen atoms in total. The minimum absolute atomic E-state index is 0.0157. The van der Waals surface area contributed by atoms with Crippen molar-refractivity contribution in [3.8, 4) is 0 Å². The quantitative estimate of drug-likeness (QED) is 0.467. The molecule has 0 spiro atoms. The van der Waals surface area contributed by atoms with E-state index in [1.165, 1.54) is 37.3 Å². The zero-order valence-corrected chi connectivity index (χ0v) is 14.1. The summed E-state index contributed by atoms with van der Waals surface area (Å²) in [6.07, 6.45) is -4.79. The maximum atomic E-state index is 13.5. The van der Waals surface area contributed by atoms with E-state index in [-0.39, 0.29) is 23.4 Å². The number of halogens is 4. The summed E-state index contributed by atoms with van der Waals surface area (Å²) in [5.41, 5.74) is 1.19. The van der Waals surface area contributed by atoms with Gasteiger partial charge < -0.3 is 5.32 Å². The number of anilines is 1. The van der Waals surface area contributed by atoms with Crippen LogP contribution in [0.2, 0.25) is 0 Å². The molecule has 9 heteroatoms. The number of nitrogens with one attached hydrogen (secondary N) is 2. The highest BCUT2D eigenvalue weighted by molar-refractivity contribution is 6.06. The third kappa shape index (κ3) is 5.91. The number of benzene rings is 2. The number of hydrazone groups is 1. The molecule has 0 atom stereocenters. The lowest BCUT2D eigenvalue weighted by Gasteiger charge is -2.10. The van der Waals surface area contributed by atoms with Crippen LogP contribution in [0.3, 0.4) is 0 Å². The highest BCUT2D eigenvalue weighted by Crippen LogP contribution is 2.30. The van der Waals surface area contributed by atoms with Crippen LogP contribution in [-0.2, 0) is 11.0 Å². The molecule has 142 valence electrons. The average molecular weight is 381 g/mol. The number of carbonyl (C=O) groups excluding carboxylic acids is 2. The van der Waals surface area contributed by atoms with E-state index in [1.54, 1.807) is 0 Å². The number of hydrogen-bond donors (Lipinski definition) is 2. The van der Waals surface area contributed by atoms with Crippen molar-refractivity contribution in [3.63, 3.8) is 0 Å². The molecule has 0 aromatic heterocycles. The van der Waals surface area contributed by atoms with E-state index in [2.05, 4.69) is 15.8 Å². The lowest BCUT2D eigenvalue weighted by atomic mass is 10.2. The average Bonchev–Trinajstić information content (AvgIpc) is 2.59. The lowest BCUT2D eigenvalue weighted by Crippen LogP contribution is -2.22. The first kappa shape index (κ1) is 20.1. The predicted molar refractivity (Wildman–Crippen MR) is 91.7 cm³/mol. The zero-order valence-electron chi connectivity index (χ0n) is 14.1. The standard InChI is InChI=1S/C18H15F4N3O2/c1-11(24-25-17(27)14-7-2-3-8-15(14)19)9-16(26)23-13-6-4-5-12(10-13)18(20,21)22/h2-8,10H,9H2,1H3,(H,23,26)(H,25,27). The minimum atomic E-state index is -4.52. The smallest absolute Gasteiger partial charge is 0.326 e. The molecule has 0 aliphatic heterocycles. The first-order valence-corrected chi connectivity index (χ1v) is 7.72. The fourth-order valence-electron chi connectivity index (χ4n) is 2.10. The Kier molecular flexibility index (Phi) is 6.27. The van der Waals surface area contributed by atoms with Crippen LogP contribution in [0, 0.1) is 5.82 Å². The van der Waals surface area contributed by atoms with Crippen molar-refractivity contribution in [2.75, 3.05) is 5.32 Å². The Morgan fingerprint density at radius 1 is 1.07 bits per heavy atom. The summed E-state index contributed by atoms with van der Waals surface area (Å²) < 4.78 is 51.5. The molecule has 0 bridgehead atoms. The third-order valence-corrected chi connectivity index (χ3v) is 3.36. The first-order valence-electron chi connectivity index (χ1n) is 7.72. The highest BCUT2D eigenvalue weighted by atomic mass is 19.4. The van der Waals surface area contributed by atoms with Crippen molar-refractivity contribution in [2.24, 2.45) is 5.10 Å². The lowest BCUT2D eigenvalue weighted by molar-refractivity contribution is -0.137. The Morgan fingerprint density at radius 2 is 1.78 bits per heavy atom. The van der Waals surface area contributed by atoms with Crippen molar-refractivity contribution >= 4 is 23.2 Å². The van der Waals surface area contributed by atoms with Crippen molar-refractivity contribution in [1.82, 2.24) is 5.43 Å². The van der Waals surface area contributed by atoms with E-state index >= 15 is 0 Å². The summed E-state index contributed by atoms with van der Waals surface area (Å²) in [5, 5.41) is 6.01. The molecule has 2 N–H and O–H groups in total. The fraction of sp³-hybridized carbons (Fsp3) is 0.167. The number of nitrogens with zero attached hydrogens (tertiary/aromatic N) is 1. The van der Waals surface area contributed by atoms with Gasteiger partial charge in [-0.05, 0) is 37.3 Å². The van der Waals surface area contributed by atoms with Gasteiger partial charge in [0, 0.05) is 11.4 Å². The number of amides is 2. The van der Waals surface area contributed by atoms with E-state index in [1.807, 2.05) is 0 Å². The Balaban J connectivity index is 1.94. The van der Waals surface area contributed by atoms with Gasteiger partial charge in [0.2, 0.25) is 5.91 Å². The van der Waals surface area contributed by atoms with Crippen LogP contribution in [0.5, 0.6) is 0 Å². The molecule has 2 amide bonds. The minimum Gasteiger partial charge on any atom is -0.326 e. The van der Waals surface area contributed by atoms with Gasteiger partial charge in [0.15, 0.2) is 0 Å².